The van der Waals surface area contributed by atoms with Gasteiger partial charge in [-0.25, -0.2) is 4.79 Å². The van der Waals surface area contributed by atoms with E-state index in [1.165, 1.54) is 0 Å². The number of likely N-dealkylation sites (tertiary alicyclic amines) is 1. The van der Waals surface area contributed by atoms with Gasteiger partial charge < -0.3 is 9.64 Å². The van der Waals surface area contributed by atoms with Gasteiger partial charge in [-0.2, -0.15) is 5.26 Å². The first kappa shape index (κ1) is 18.6. The fourth-order valence-electron chi connectivity index (χ4n) is 2.97. The summed E-state index contributed by atoms with van der Waals surface area (Å²) in [5.41, 5.74) is 0.547. The number of rotatable bonds is 3. The fourth-order valence-corrected chi connectivity index (χ4v) is 3.10. The van der Waals surface area contributed by atoms with E-state index in [0.717, 1.165) is 24.8 Å². The summed E-state index contributed by atoms with van der Waals surface area (Å²) < 4.78 is 5.42. The Morgan fingerprint density at radius 1 is 1.33 bits per heavy atom. The molecule has 1 fully saturated rings. The largest absolute Gasteiger partial charge is 0.444 e. The number of hydrogen-bond acceptors (Lipinski definition) is 3. The Kier molecular flexibility index (Phi) is 6.12. The predicted molar refractivity (Wildman–Crippen MR) is 95.0 cm³/mol. The number of nitrogens with zero attached hydrogens (tertiary/aromatic N) is 2. The molecule has 1 aromatic rings. The van der Waals surface area contributed by atoms with E-state index in [1.54, 1.807) is 4.90 Å². The molecule has 0 N–H and O–H groups in total. The van der Waals surface area contributed by atoms with Crippen LogP contribution in [0.4, 0.5) is 4.79 Å². The zero-order valence-corrected chi connectivity index (χ0v) is 15.3. The SMILES string of the molecule is CC(C)(C)OC(=O)N1CCC(CC(C#N)c2ccc(Cl)cc2)CC1. The zero-order valence-electron chi connectivity index (χ0n) is 14.6. The van der Waals surface area contributed by atoms with Crippen molar-refractivity contribution in [3.05, 3.63) is 34.9 Å². The van der Waals surface area contributed by atoms with Crippen molar-refractivity contribution < 1.29 is 9.53 Å². The number of nitriles is 1. The van der Waals surface area contributed by atoms with Gasteiger partial charge in [0.25, 0.3) is 0 Å². The van der Waals surface area contributed by atoms with Crippen molar-refractivity contribution in [2.75, 3.05) is 13.1 Å². The molecule has 130 valence electrons. The lowest BCUT2D eigenvalue weighted by Gasteiger charge is -2.34. The summed E-state index contributed by atoms with van der Waals surface area (Å²) in [7, 11) is 0. The topological polar surface area (TPSA) is 53.3 Å². The van der Waals surface area contributed by atoms with E-state index in [0.29, 0.717) is 24.0 Å². The number of benzene rings is 1. The van der Waals surface area contributed by atoms with Crippen LogP contribution in [0, 0.1) is 17.2 Å². The van der Waals surface area contributed by atoms with Crippen LogP contribution in [0.25, 0.3) is 0 Å². The van der Waals surface area contributed by atoms with Gasteiger partial charge in [0.05, 0.1) is 12.0 Å². The Labute approximate surface area is 149 Å². The molecular formula is C19H25ClN2O2. The maximum Gasteiger partial charge on any atom is 0.410 e. The van der Waals surface area contributed by atoms with Gasteiger partial charge in [0.1, 0.15) is 5.60 Å². The minimum atomic E-state index is -0.464. The fraction of sp³-hybridized carbons (Fsp3) is 0.579. The Morgan fingerprint density at radius 3 is 2.42 bits per heavy atom. The van der Waals surface area contributed by atoms with Gasteiger partial charge in [0.15, 0.2) is 0 Å². The summed E-state index contributed by atoms with van der Waals surface area (Å²) >= 11 is 5.91. The molecule has 1 amide bonds. The number of carbonyl (C=O) groups is 1. The van der Waals surface area contributed by atoms with Gasteiger partial charge >= 0.3 is 6.09 Å². The molecule has 1 saturated heterocycles. The van der Waals surface area contributed by atoms with Crippen molar-refractivity contribution in [2.24, 2.45) is 5.92 Å². The molecule has 5 heteroatoms. The lowest BCUT2D eigenvalue weighted by atomic mass is 9.84. The molecular weight excluding hydrogens is 324 g/mol. The van der Waals surface area contributed by atoms with E-state index >= 15 is 0 Å². The molecule has 1 heterocycles. The molecule has 1 aliphatic rings. The Balaban J connectivity index is 1.87. The molecule has 1 aromatic carbocycles. The Hall–Kier alpha value is -1.73. The van der Waals surface area contributed by atoms with Gasteiger partial charge in [-0.3, -0.25) is 0 Å². The maximum atomic E-state index is 12.1. The average Bonchev–Trinajstić information content (AvgIpc) is 2.52. The highest BCUT2D eigenvalue weighted by atomic mass is 35.5. The van der Waals surface area contributed by atoms with Crippen molar-refractivity contribution in [3.63, 3.8) is 0 Å². The second-order valence-electron chi connectivity index (χ2n) is 7.38. The molecule has 1 unspecified atom stereocenters. The minimum absolute atomic E-state index is 0.125. The first-order valence-corrected chi connectivity index (χ1v) is 8.79. The summed E-state index contributed by atoms with van der Waals surface area (Å²) in [6, 6.07) is 9.90. The quantitative estimate of drug-likeness (QED) is 0.773. The second kappa shape index (κ2) is 7.90. The third-order valence-corrected chi connectivity index (χ3v) is 4.52. The van der Waals surface area contributed by atoms with Crippen LogP contribution in [0.1, 0.15) is 51.5 Å². The predicted octanol–water partition coefficient (Wildman–Crippen LogP) is 4.98. The Morgan fingerprint density at radius 2 is 1.92 bits per heavy atom. The first-order valence-electron chi connectivity index (χ1n) is 8.41. The van der Waals surface area contributed by atoms with Crippen molar-refractivity contribution in [1.29, 1.82) is 5.26 Å². The van der Waals surface area contributed by atoms with Crippen molar-refractivity contribution in [2.45, 2.75) is 51.6 Å². The first-order chi connectivity index (χ1) is 11.3. The lowest BCUT2D eigenvalue weighted by Crippen LogP contribution is -2.41. The van der Waals surface area contributed by atoms with Crippen molar-refractivity contribution in [3.8, 4) is 6.07 Å². The summed E-state index contributed by atoms with van der Waals surface area (Å²) in [5, 5.41) is 10.2. The molecule has 4 nitrogen and oxygen atoms in total. The molecule has 0 aromatic heterocycles. The van der Waals surface area contributed by atoms with E-state index in [-0.39, 0.29) is 12.0 Å². The van der Waals surface area contributed by atoms with E-state index in [1.807, 2.05) is 45.0 Å². The molecule has 24 heavy (non-hydrogen) atoms. The molecule has 0 radical (unpaired) electrons. The summed E-state index contributed by atoms with van der Waals surface area (Å²) in [5.74, 6) is 0.323. The van der Waals surface area contributed by atoms with Crippen LogP contribution in [0.2, 0.25) is 5.02 Å². The summed E-state index contributed by atoms with van der Waals surface area (Å²) in [4.78, 5) is 13.9. The molecule has 0 saturated carbocycles. The monoisotopic (exact) mass is 348 g/mol. The van der Waals surface area contributed by atoms with E-state index < -0.39 is 5.60 Å². The number of piperidine rings is 1. The smallest absolute Gasteiger partial charge is 0.410 e. The van der Waals surface area contributed by atoms with Crippen LogP contribution in [-0.4, -0.2) is 29.7 Å². The molecule has 1 atom stereocenters. The minimum Gasteiger partial charge on any atom is -0.444 e. The third-order valence-electron chi connectivity index (χ3n) is 4.26. The van der Waals surface area contributed by atoms with Gasteiger partial charge in [-0.15, -0.1) is 0 Å². The van der Waals surface area contributed by atoms with Crippen molar-refractivity contribution >= 4 is 17.7 Å². The lowest BCUT2D eigenvalue weighted by molar-refractivity contribution is 0.0180. The van der Waals surface area contributed by atoms with Gasteiger partial charge in [-0.1, -0.05) is 23.7 Å². The Bertz CT molecular complexity index is 593. The average molecular weight is 349 g/mol. The third kappa shape index (κ3) is 5.42. The van der Waals surface area contributed by atoms with E-state index in [2.05, 4.69) is 6.07 Å². The van der Waals surface area contributed by atoms with Crippen LogP contribution < -0.4 is 0 Å². The second-order valence-corrected chi connectivity index (χ2v) is 7.82. The van der Waals surface area contributed by atoms with E-state index in [9.17, 15) is 10.1 Å². The molecule has 0 bridgehead atoms. The van der Waals surface area contributed by atoms with Crippen LogP contribution in [0.3, 0.4) is 0 Å². The van der Waals surface area contributed by atoms with Gasteiger partial charge in [0.2, 0.25) is 0 Å². The summed E-state index contributed by atoms with van der Waals surface area (Å²) in [6.45, 7) is 7.01. The number of carbonyl (C=O) groups excluding carboxylic acids is 1. The van der Waals surface area contributed by atoms with E-state index in [4.69, 9.17) is 16.3 Å². The highest BCUT2D eigenvalue weighted by Crippen LogP contribution is 2.30. The molecule has 1 aliphatic heterocycles. The highest BCUT2D eigenvalue weighted by Gasteiger charge is 2.28. The number of halogens is 1. The van der Waals surface area contributed by atoms with Crippen molar-refractivity contribution in [1.82, 2.24) is 4.90 Å². The highest BCUT2D eigenvalue weighted by molar-refractivity contribution is 6.30. The number of ether oxygens (including phenoxy) is 1. The molecule has 0 aliphatic carbocycles. The van der Waals surface area contributed by atoms with Gasteiger partial charge in [-0.05, 0) is 63.6 Å². The van der Waals surface area contributed by atoms with Crippen LogP contribution in [0.5, 0.6) is 0 Å². The van der Waals surface area contributed by atoms with Crippen LogP contribution >= 0.6 is 11.6 Å². The maximum absolute atomic E-state index is 12.1. The van der Waals surface area contributed by atoms with Crippen LogP contribution in [-0.2, 0) is 4.74 Å². The standard InChI is InChI=1S/C19H25ClN2O2/c1-19(2,3)24-18(23)22-10-8-14(9-11-22)12-16(13-21)15-4-6-17(20)7-5-15/h4-7,14,16H,8-12H2,1-3H3. The van der Waals surface area contributed by atoms with Crippen LogP contribution in [0.15, 0.2) is 24.3 Å². The summed E-state index contributed by atoms with van der Waals surface area (Å²) in [6.07, 6.45) is 2.39. The molecule has 2 rings (SSSR count). The normalized spacial score (nSPS) is 17.2. The zero-order chi connectivity index (χ0) is 17.7. The number of hydrogen-bond donors (Lipinski definition) is 0. The molecule has 0 spiro atoms. The van der Waals surface area contributed by atoms with Gasteiger partial charge in [0, 0.05) is 18.1 Å². The number of amides is 1.